The first kappa shape index (κ1) is 21.2. The second-order valence-corrected chi connectivity index (χ2v) is 7.97. The van der Waals surface area contributed by atoms with Crippen LogP contribution < -0.4 is 24.6 Å². The number of benzene rings is 1. The van der Waals surface area contributed by atoms with Gasteiger partial charge in [-0.25, -0.2) is 18.7 Å². The Bertz CT molecular complexity index is 1120. The van der Waals surface area contributed by atoms with Crippen molar-refractivity contribution in [2.24, 2.45) is 0 Å². The van der Waals surface area contributed by atoms with Gasteiger partial charge in [-0.15, -0.1) is 0 Å². The molecule has 5 rings (SSSR count). The second-order valence-electron chi connectivity index (χ2n) is 7.97. The van der Waals surface area contributed by atoms with Crippen LogP contribution in [0.15, 0.2) is 42.7 Å². The number of nitrogens with zero attached hydrogens (tertiary/aromatic N) is 5. The van der Waals surface area contributed by atoms with Gasteiger partial charge < -0.3 is 24.6 Å². The standard InChI is InChI=1S/C23H24F2N6O2/c1-32-21-13-18(2-5-26-21)30-6-3-17(4-7-30)28-23-27-14-20-22(29-23)31(8-9-33-20)19-11-15(24)10-16(25)12-19/h2,5,10-14,17H,3-4,6-9H2,1H3,(H,27,28,29). The van der Waals surface area contributed by atoms with E-state index in [4.69, 9.17) is 9.47 Å². The van der Waals surface area contributed by atoms with Gasteiger partial charge in [0.05, 0.1) is 19.9 Å². The van der Waals surface area contributed by atoms with Gasteiger partial charge in [-0.2, -0.15) is 4.98 Å². The van der Waals surface area contributed by atoms with Crippen LogP contribution in [-0.4, -0.2) is 54.3 Å². The fourth-order valence-corrected chi connectivity index (χ4v) is 4.20. The van der Waals surface area contributed by atoms with E-state index in [0.717, 1.165) is 37.7 Å². The predicted molar refractivity (Wildman–Crippen MR) is 121 cm³/mol. The first-order valence-corrected chi connectivity index (χ1v) is 10.8. The van der Waals surface area contributed by atoms with E-state index in [0.29, 0.717) is 42.2 Å². The number of nitrogens with one attached hydrogen (secondary N) is 1. The molecule has 0 spiro atoms. The summed E-state index contributed by atoms with van der Waals surface area (Å²) in [4.78, 5) is 17.2. The summed E-state index contributed by atoms with van der Waals surface area (Å²) in [7, 11) is 1.61. The van der Waals surface area contributed by atoms with Gasteiger partial charge in [0.15, 0.2) is 11.6 Å². The third kappa shape index (κ3) is 4.59. The Balaban J connectivity index is 1.29. The van der Waals surface area contributed by atoms with Gasteiger partial charge in [0, 0.05) is 48.8 Å². The summed E-state index contributed by atoms with van der Waals surface area (Å²) in [5, 5.41) is 3.40. The molecule has 0 aliphatic carbocycles. The molecule has 0 bridgehead atoms. The Labute approximate surface area is 190 Å². The van der Waals surface area contributed by atoms with Crippen LogP contribution >= 0.6 is 0 Å². The van der Waals surface area contributed by atoms with Crippen molar-refractivity contribution in [3.63, 3.8) is 0 Å². The average Bonchev–Trinajstić information content (AvgIpc) is 2.83. The lowest BCUT2D eigenvalue weighted by Crippen LogP contribution is -2.39. The number of aromatic nitrogens is 3. The fraction of sp³-hybridized carbons (Fsp3) is 0.348. The van der Waals surface area contributed by atoms with Gasteiger partial charge in [-0.1, -0.05) is 0 Å². The van der Waals surface area contributed by atoms with Gasteiger partial charge in [0.1, 0.15) is 18.2 Å². The van der Waals surface area contributed by atoms with Crippen molar-refractivity contribution in [1.29, 1.82) is 0 Å². The Morgan fingerprint density at radius 1 is 1.03 bits per heavy atom. The summed E-state index contributed by atoms with van der Waals surface area (Å²) < 4.78 is 38.5. The van der Waals surface area contributed by atoms with Crippen molar-refractivity contribution in [2.75, 3.05) is 48.5 Å². The topological polar surface area (TPSA) is 75.6 Å². The molecule has 10 heteroatoms. The van der Waals surface area contributed by atoms with Gasteiger partial charge in [0.25, 0.3) is 0 Å². The van der Waals surface area contributed by atoms with E-state index < -0.39 is 11.6 Å². The van der Waals surface area contributed by atoms with Crippen molar-refractivity contribution < 1.29 is 18.3 Å². The molecule has 8 nitrogen and oxygen atoms in total. The van der Waals surface area contributed by atoms with Gasteiger partial charge in [0.2, 0.25) is 11.8 Å². The van der Waals surface area contributed by atoms with Crippen LogP contribution in [0.2, 0.25) is 0 Å². The van der Waals surface area contributed by atoms with Crippen LogP contribution in [0.25, 0.3) is 0 Å². The summed E-state index contributed by atoms with van der Waals surface area (Å²) in [6.45, 7) is 2.54. The van der Waals surface area contributed by atoms with E-state index in [2.05, 4.69) is 25.2 Å². The summed E-state index contributed by atoms with van der Waals surface area (Å²) >= 11 is 0. The number of rotatable bonds is 5. The lowest BCUT2D eigenvalue weighted by molar-refractivity contribution is 0.310. The molecule has 33 heavy (non-hydrogen) atoms. The van der Waals surface area contributed by atoms with Crippen molar-refractivity contribution in [3.05, 3.63) is 54.4 Å². The molecule has 1 fully saturated rings. The highest BCUT2D eigenvalue weighted by molar-refractivity contribution is 5.67. The quantitative estimate of drug-likeness (QED) is 0.625. The molecule has 3 aromatic rings. The monoisotopic (exact) mass is 454 g/mol. The van der Waals surface area contributed by atoms with Crippen molar-refractivity contribution in [2.45, 2.75) is 18.9 Å². The molecule has 1 aromatic carbocycles. The minimum atomic E-state index is -0.635. The maximum absolute atomic E-state index is 13.8. The molecule has 172 valence electrons. The molecule has 0 atom stereocenters. The van der Waals surface area contributed by atoms with E-state index in [1.807, 2.05) is 12.1 Å². The molecule has 0 radical (unpaired) electrons. The molecule has 4 heterocycles. The molecule has 2 aromatic heterocycles. The van der Waals surface area contributed by atoms with Gasteiger partial charge >= 0.3 is 0 Å². The minimum absolute atomic E-state index is 0.201. The van der Waals surface area contributed by atoms with Gasteiger partial charge in [-0.3, -0.25) is 0 Å². The summed E-state index contributed by atoms with van der Waals surface area (Å²) in [6, 6.07) is 7.55. The summed E-state index contributed by atoms with van der Waals surface area (Å²) in [6.07, 6.45) is 5.16. The lowest BCUT2D eigenvalue weighted by Gasteiger charge is -2.34. The Kier molecular flexibility index (Phi) is 5.80. The first-order chi connectivity index (χ1) is 16.1. The molecule has 0 amide bonds. The predicted octanol–water partition coefficient (Wildman–Crippen LogP) is 3.77. The molecular weight excluding hydrogens is 430 g/mol. The highest BCUT2D eigenvalue weighted by atomic mass is 19.1. The average molecular weight is 454 g/mol. The SMILES string of the molecule is COc1cc(N2CCC(Nc3ncc4c(n3)N(c3cc(F)cc(F)c3)CCO4)CC2)ccn1. The van der Waals surface area contributed by atoms with Crippen LogP contribution in [0, 0.1) is 11.6 Å². The van der Waals surface area contributed by atoms with E-state index >= 15 is 0 Å². The van der Waals surface area contributed by atoms with Crippen molar-refractivity contribution in [1.82, 2.24) is 15.0 Å². The summed E-state index contributed by atoms with van der Waals surface area (Å²) in [5.41, 5.74) is 1.48. The summed E-state index contributed by atoms with van der Waals surface area (Å²) in [5.74, 6) is 0.765. The smallest absolute Gasteiger partial charge is 0.225 e. The van der Waals surface area contributed by atoms with E-state index in [-0.39, 0.29) is 6.04 Å². The Hall–Kier alpha value is -3.69. The van der Waals surface area contributed by atoms with Crippen molar-refractivity contribution in [3.8, 4) is 11.6 Å². The third-order valence-electron chi connectivity index (χ3n) is 5.84. The van der Waals surface area contributed by atoms with Crippen molar-refractivity contribution >= 4 is 23.1 Å². The molecular formula is C23H24F2N6O2. The molecule has 1 saturated heterocycles. The van der Waals surface area contributed by atoms with E-state index in [1.165, 1.54) is 12.1 Å². The number of methoxy groups -OCH3 is 1. The largest absolute Gasteiger partial charge is 0.486 e. The Morgan fingerprint density at radius 3 is 2.58 bits per heavy atom. The zero-order valence-electron chi connectivity index (χ0n) is 18.2. The highest BCUT2D eigenvalue weighted by Gasteiger charge is 2.25. The molecule has 0 unspecified atom stereocenters. The van der Waals surface area contributed by atoms with Crippen LogP contribution in [0.3, 0.4) is 0 Å². The zero-order chi connectivity index (χ0) is 22.8. The molecule has 0 saturated carbocycles. The number of hydrogen-bond acceptors (Lipinski definition) is 8. The normalized spacial score (nSPS) is 16.2. The van der Waals surface area contributed by atoms with Crippen LogP contribution in [-0.2, 0) is 0 Å². The number of piperidine rings is 1. The molecule has 2 aliphatic rings. The number of hydrogen-bond donors (Lipinski definition) is 1. The number of fused-ring (bicyclic) bond motifs is 1. The zero-order valence-corrected chi connectivity index (χ0v) is 18.2. The number of pyridine rings is 1. The van der Waals surface area contributed by atoms with Crippen LogP contribution in [0.4, 0.5) is 31.9 Å². The van der Waals surface area contributed by atoms with Gasteiger partial charge in [-0.05, 0) is 31.0 Å². The van der Waals surface area contributed by atoms with E-state index in [1.54, 1.807) is 24.4 Å². The minimum Gasteiger partial charge on any atom is -0.486 e. The fourth-order valence-electron chi connectivity index (χ4n) is 4.20. The number of ether oxygens (including phenoxy) is 2. The van der Waals surface area contributed by atoms with Crippen LogP contribution in [0.5, 0.6) is 11.6 Å². The molecule has 2 aliphatic heterocycles. The van der Waals surface area contributed by atoms with E-state index in [9.17, 15) is 8.78 Å². The second kappa shape index (κ2) is 9.05. The lowest BCUT2D eigenvalue weighted by atomic mass is 10.0. The number of anilines is 4. The highest BCUT2D eigenvalue weighted by Crippen LogP contribution is 2.36. The maximum atomic E-state index is 13.8. The maximum Gasteiger partial charge on any atom is 0.225 e. The number of halogens is 2. The Morgan fingerprint density at radius 2 is 1.82 bits per heavy atom. The molecule has 1 N–H and O–H groups in total. The van der Waals surface area contributed by atoms with Crippen LogP contribution in [0.1, 0.15) is 12.8 Å². The first-order valence-electron chi connectivity index (χ1n) is 10.8. The third-order valence-corrected chi connectivity index (χ3v) is 5.84.